The van der Waals surface area contributed by atoms with E-state index in [1.54, 1.807) is 18.4 Å². The van der Waals surface area contributed by atoms with Gasteiger partial charge in [0, 0.05) is 90.7 Å². The van der Waals surface area contributed by atoms with Crippen molar-refractivity contribution in [2.75, 3.05) is 62.7 Å². The highest BCUT2D eigenvalue weighted by Gasteiger charge is 2.37. The average Bonchev–Trinajstić information content (AvgIpc) is 3.78. The van der Waals surface area contributed by atoms with E-state index in [4.69, 9.17) is 9.73 Å². The molecule has 0 spiro atoms. The van der Waals surface area contributed by atoms with E-state index in [1.807, 2.05) is 19.1 Å². The minimum Gasteiger partial charge on any atom is -0.508 e. The second-order valence-electron chi connectivity index (χ2n) is 17.9. The van der Waals surface area contributed by atoms with E-state index in [1.165, 1.54) is 49.6 Å². The third-order valence-electron chi connectivity index (χ3n) is 14.2. The van der Waals surface area contributed by atoms with Gasteiger partial charge in [0.1, 0.15) is 28.4 Å². The van der Waals surface area contributed by atoms with Crippen molar-refractivity contribution in [3.05, 3.63) is 146 Å². The number of aryl methyl sites for hydroxylation is 3. The second kappa shape index (κ2) is 16.3. The van der Waals surface area contributed by atoms with Crippen LogP contribution in [0.15, 0.2) is 96.0 Å². The van der Waals surface area contributed by atoms with E-state index in [9.17, 15) is 10.2 Å². The minimum absolute atomic E-state index is 0.111. The van der Waals surface area contributed by atoms with Gasteiger partial charge in [-0.05, 0) is 112 Å². The standard InChI is InChI=1S/C51H57N7O3S/c1-32-34(3)62-50-46(32)48(52-33(2)49-54-53-35(4)58(49)50)37-11-14-39(15-12-37)56-23-21-51(60,22-24-56)31-55-25-27-57(28-26-55)40-16-19-44(45(30-40)61-5)47-42(36-9-7-6-8-10-36)18-13-38-29-41(59)17-20-43(38)47/h6-12,14-17,19-20,29-30,33,42,47,59-60H,13,18,21-28,31H2,1-5H3/t33-,42?,47?/m0/s1. The number of thiophene rings is 1. The minimum atomic E-state index is -0.709. The van der Waals surface area contributed by atoms with E-state index < -0.39 is 5.60 Å². The van der Waals surface area contributed by atoms with Crippen molar-refractivity contribution in [3.63, 3.8) is 0 Å². The number of rotatable bonds is 8. The van der Waals surface area contributed by atoms with Crippen LogP contribution in [-0.2, 0) is 6.42 Å². The summed E-state index contributed by atoms with van der Waals surface area (Å²) in [5.74, 6) is 3.43. The van der Waals surface area contributed by atoms with Crippen LogP contribution in [0.4, 0.5) is 11.4 Å². The van der Waals surface area contributed by atoms with Crippen LogP contribution in [0.2, 0.25) is 0 Å². The van der Waals surface area contributed by atoms with Crippen molar-refractivity contribution >= 4 is 28.4 Å². The predicted molar refractivity (Wildman–Crippen MR) is 249 cm³/mol. The Hall–Kier alpha value is -5.49. The number of fused-ring (bicyclic) bond motifs is 4. The van der Waals surface area contributed by atoms with Crippen molar-refractivity contribution < 1.29 is 14.9 Å². The lowest BCUT2D eigenvalue weighted by Crippen LogP contribution is -2.55. The predicted octanol–water partition coefficient (Wildman–Crippen LogP) is 8.90. The topological polar surface area (TPSA) is 102 Å². The Morgan fingerprint density at radius 1 is 0.806 bits per heavy atom. The molecule has 320 valence electrons. The molecule has 2 aromatic heterocycles. The number of phenolic OH excluding ortho intramolecular Hbond substituents is 1. The lowest BCUT2D eigenvalue weighted by Gasteiger charge is -2.44. The first kappa shape index (κ1) is 40.6. The molecular formula is C51H57N7O3S. The van der Waals surface area contributed by atoms with Gasteiger partial charge in [0.05, 0.1) is 18.4 Å². The summed E-state index contributed by atoms with van der Waals surface area (Å²) in [4.78, 5) is 13.8. The van der Waals surface area contributed by atoms with Gasteiger partial charge in [0.2, 0.25) is 0 Å². The Labute approximate surface area is 369 Å². The van der Waals surface area contributed by atoms with Gasteiger partial charge in [-0.1, -0.05) is 54.6 Å². The van der Waals surface area contributed by atoms with Gasteiger partial charge in [-0.3, -0.25) is 14.5 Å². The molecule has 0 amide bonds. The number of anilines is 2. The third-order valence-corrected chi connectivity index (χ3v) is 15.4. The maximum atomic E-state index is 11.9. The van der Waals surface area contributed by atoms with Crippen LogP contribution in [0.25, 0.3) is 5.00 Å². The van der Waals surface area contributed by atoms with Gasteiger partial charge >= 0.3 is 0 Å². The molecule has 4 aromatic carbocycles. The zero-order chi connectivity index (χ0) is 42.7. The number of aromatic hydroxyl groups is 1. The smallest absolute Gasteiger partial charge is 0.162 e. The Bertz CT molecular complexity index is 2620. The SMILES string of the molecule is COc1cc(N2CCN(CC3(O)CCN(c4ccc(C5=N[C@@H](C)c6nnc(C)n6-c6sc(C)c(C)c65)cc4)CC3)CC2)ccc1C1c2ccc(O)cc2CCC1c1ccccc1. The monoisotopic (exact) mass is 847 g/mol. The summed E-state index contributed by atoms with van der Waals surface area (Å²) in [7, 11) is 1.78. The van der Waals surface area contributed by atoms with E-state index in [0.717, 1.165) is 98.6 Å². The molecule has 11 heteroatoms. The average molecular weight is 848 g/mol. The van der Waals surface area contributed by atoms with Crippen molar-refractivity contribution in [3.8, 4) is 16.5 Å². The van der Waals surface area contributed by atoms with Crippen molar-refractivity contribution in [1.29, 1.82) is 0 Å². The van der Waals surface area contributed by atoms with Crippen LogP contribution in [0.1, 0.15) is 99.5 Å². The summed E-state index contributed by atoms with van der Waals surface area (Å²) in [6.45, 7) is 14.4. The zero-order valence-corrected chi connectivity index (χ0v) is 37.3. The van der Waals surface area contributed by atoms with Crippen molar-refractivity contribution in [2.24, 2.45) is 4.99 Å². The highest BCUT2D eigenvalue weighted by molar-refractivity contribution is 7.15. The molecule has 2 fully saturated rings. The first-order valence-corrected chi connectivity index (χ1v) is 23.1. The summed E-state index contributed by atoms with van der Waals surface area (Å²) in [6, 6.07) is 32.2. The molecule has 6 aromatic rings. The number of β-amino-alcohol motifs (C(OH)–C–C–N with tert-alkyl or cyclic N) is 1. The summed E-state index contributed by atoms with van der Waals surface area (Å²) in [5, 5.41) is 32.3. The van der Waals surface area contributed by atoms with Crippen LogP contribution in [-0.4, -0.2) is 94.1 Å². The highest BCUT2D eigenvalue weighted by atomic mass is 32.1. The third kappa shape index (κ3) is 7.37. The van der Waals surface area contributed by atoms with Crippen LogP contribution >= 0.6 is 11.3 Å². The fraction of sp³-hybridized carbons (Fsp3) is 0.392. The number of phenols is 1. The molecule has 62 heavy (non-hydrogen) atoms. The van der Waals surface area contributed by atoms with Crippen molar-refractivity contribution in [2.45, 2.75) is 76.9 Å². The van der Waals surface area contributed by atoms with E-state index in [2.05, 4.69) is 129 Å². The number of piperazine rings is 1. The lowest BCUT2D eigenvalue weighted by atomic mass is 9.69. The van der Waals surface area contributed by atoms with Gasteiger partial charge in [-0.15, -0.1) is 21.5 Å². The second-order valence-corrected chi connectivity index (χ2v) is 19.1. The Morgan fingerprint density at radius 3 is 2.26 bits per heavy atom. The number of aromatic nitrogens is 3. The number of hydrogen-bond donors (Lipinski definition) is 2. The number of methoxy groups -OCH3 is 1. The molecule has 3 atom stereocenters. The summed E-state index contributed by atoms with van der Waals surface area (Å²) in [5.41, 5.74) is 11.2. The van der Waals surface area contributed by atoms with Gasteiger partial charge in [-0.2, -0.15) is 0 Å². The molecule has 10 rings (SSSR count). The Balaban J connectivity index is 0.779. The number of ether oxygens (including phenoxy) is 1. The maximum absolute atomic E-state index is 11.9. The molecule has 0 saturated carbocycles. The Morgan fingerprint density at radius 2 is 1.52 bits per heavy atom. The Kier molecular flexibility index (Phi) is 10.7. The summed E-state index contributed by atoms with van der Waals surface area (Å²) < 4.78 is 8.35. The van der Waals surface area contributed by atoms with E-state index in [0.29, 0.717) is 18.2 Å². The zero-order valence-electron chi connectivity index (χ0n) is 36.5. The van der Waals surface area contributed by atoms with Crippen LogP contribution < -0.4 is 14.5 Å². The number of piperidine rings is 1. The highest BCUT2D eigenvalue weighted by Crippen LogP contribution is 2.50. The molecule has 3 aliphatic heterocycles. The number of benzene rings is 4. The van der Waals surface area contributed by atoms with Gasteiger partial charge in [-0.25, -0.2) is 0 Å². The normalized spacial score (nSPS) is 21.1. The summed E-state index contributed by atoms with van der Waals surface area (Å²) in [6.07, 6.45) is 3.42. The molecule has 2 N–H and O–H groups in total. The summed E-state index contributed by atoms with van der Waals surface area (Å²) >= 11 is 1.79. The molecule has 0 radical (unpaired) electrons. The van der Waals surface area contributed by atoms with Gasteiger partial charge < -0.3 is 24.7 Å². The lowest BCUT2D eigenvalue weighted by molar-refractivity contribution is -0.0173. The first-order chi connectivity index (χ1) is 30.1. The van der Waals surface area contributed by atoms with Crippen LogP contribution in [0.5, 0.6) is 11.5 Å². The molecule has 2 saturated heterocycles. The molecule has 10 nitrogen and oxygen atoms in total. The van der Waals surface area contributed by atoms with Crippen LogP contribution in [0, 0.1) is 20.8 Å². The molecule has 4 aliphatic rings. The largest absolute Gasteiger partial charge is 0.508 e. The van der Waals surface area contributed by atoms with Gasteiger partial charge in [0.15, 0.2) is 5.82 Å². The molecule has 0 bridgehead atoms. The number of aliphatic hydroxyl groups is 1. The maximum Gasteiger partial charge on any atom is 0.162 e. The number of aliphatic imine (C=N–C) groups is 1. The molecule has 1 aliphatic carbocycles. The fourth-order valence-electron chi connectivity index (χ4n) is 10.6. The van der Waals surface area contributed by atoms with Crippen LogP contribution in [0.3, 0.4) is 0 Å². The quantitative estimate of drug-likeness (QED) is 0.157. The molecule has 2 unspecified atom stereocenters. The van der Waals surface area contributed by atoms with Crippen molar-refractivity contribution in [1.82, 2.24) is 19.7 Å². The first-order valence-electron chi connectivity index (χ1n) is 22.3. The number of nitrogens with zero attached hydrogens (tertiary/aromatic N) is 7. The molecule has 5 heterocycles. The van der Waals surface area contributed by atoms with E-state index >= 15 is 0 Å². The van der Waals surface area contributed by atoms with Gasteiger partial charge in [0.25, 0.3) is 0 Å². The fourth-order valence-corrected chi connectivity index (χ4v) is 11.8. The van der Waals surface area contributed by atoms with E-state index in [-0.39, 0.29) is 12.0 Å². The number of hydrogen-bond acceptors (Lipinski definition) is 10. The molecular weight excluding hydrogens is 791 g/mol.